The van der Waals surface area contributed by atoms with Gasteiger partial charge in [-0.05, 0) is 54.1 Å². The maximum absolute atomic E-state index is 12.5. The number of H-pyrrole nitrogens is 1. The van der Waals surface area contributed by atoms with Crippen LogP contribution in [0.15, 0.2) is 65.5 Å². The van der Waals surface area contributed by atoms with Gasteiger partial charge in [0.25, 0.3) is 5.56 Å². The van der Waals surface area contributed by atoms with Gasteiger partial charge in [0.1, 0.15) is 5.75 Å². The summed E-state index contributed by atoms with van der Waals surface area (Å²) in [4.78, 5) is 31.7. The van der Waals surface area contributed by atoms with Crippen molar-refractivity contribution in [3.05, 3.63) is 82.4 Å². The van der Waals surface area contributed by atoms with Gasteiger partial charge < -0.3 is 14.8 Å². The van der Waals surface area contributed by atoms with Crippen LogP contribution in [0.1, 0.15) is 29.2 Å². The Labute approximate surface area is 154 Å². The first-order valence-electron chi connectivity index (χ1n) is 8.44. The third-order valence-electron chi connectivity index (χ3n) is 4.36. The number of phenols is 1. The molecule has 0 bridgehead atoms. The number of aromatic hydroxyl groups is 1. The summed E-state index contributed by atoms with van der Waals surface area (Å²) < 4.78 is 5.48. The van der Waals surface area contributed by atoms with Crippen LogP contribution in [0.2, 0.25) is 0 Å². The Hall–Kier alpha value is -3.67. The lowest BCUT2D eigenvalue weighted by Gasteiger charge is -2.13. The monoisotopic (exact) mass is 360 g/mol. The van der Waals surface area contributed by atoms with E-state index in [0.29, 0.717) is 16.5 Å². The maximum Gasteiger partial charge on any atom is 0.338 e. The molecule has 6 nitrogen and oxygen atoms in total. The first-order valence-corrected chi connectivity index (χ1v) is 8.44. The zero-order valence-corrected chi connectivity index (χ0v) is 14.5. The Morgan fingerprint density at radius 2 is 1.81 bits per heavy atom. The number of carbonyl (C=O) groups is 1. The lowest BCUT2D eigenvalue weighted by Crippen LogP contribution is -2.17. The van der Waals surface area contributed by atoms with Crippen molar-refractivity contribution in [2.24, 2.45) is 0 Å². The number of ether oxygens (including phenoxy) is 1. The van der Waals surface area contributed by atoms with Gasteiger partial charge in [-0.15, -0.1) is 0 Å². The third kappa shape index (κ3) is 3.25. The van der Waals surface area contributed by atoms with E-state index in [9.17, 15) is 14.7 Å². The standard InChI is InChI=1S/C21H16N2O4/c1-12(19-22-18-5-3-2-4-17(18)20(25)23-19)27-21(26)15-7-6-14-11-16(24)9-8-13(14)10-15/h2-12,24H,1H3,(H,22,23,25). The van der Waals surface area contributed by atoms with Gasteiger partial charge in [-0.3, -0.25) is 4.79 Å². The first-order chi connectivity index (χ1) is 13.0. The zero-order chi connectivity index (χ0) is 19.0. The van der Waals surface area contributed by atoms with Gasteiger partial charge in [-0.1, -0.05) is 24.3 Å². The highest BCUT2D eigenvalue weighted by Gasteiger charge is 2.17. The molecule has 6 heteroatoms. The molecule has 27 heavy (non-hydrogen) atoms. The van der Waals surface area contributed by atoms with E-state index < -0.39 is 12.1 Å². The molecule has 4 rings (SSSR count). The number of carbonyl (C=O) groups excluding carboxylic acids is 1. The molecule has 0 aliphatic rings. The van der Waals surface area contributed by atoms with Crippen LogP contribution < -0.4 is 5.56 Å². The summed E-state index contributed by atoms with van der Waals surface area (Å²) in [7, 11) is 0. The van der Waals surface area contributed by atoms with Gasteiger partial charge in [0, 0.05) is 0 Å². The minimum Gasteiger partial charge on any atom is -0.508 e. The molecule has 0 fully saturated rings. The highest BCUT2D eigenvalue weighted by Crippen LogP contribution is 2.23. The van der Waals surface area contributed by atoms with Gasteiger partial charge in [-0.2, -0.15) is 0 Å². The summed E-state index contributed by atoms with van der Waals surface area (Å²) in [5, 5.41) is 11.6. The highest BCUT2D eigenvalue weighted by atomic mass is 16.5. The Kier molecular flexibility index (Phi) is 4.08. The molecule has 3 aromatic carbocycles. The van der Waals surface area contributed by atoms with Crippen molar-refractivity contribution in [3.8, 4) is 5.75 Å². The quantitative estimate of drug-likeness (QED) is 0.544. The Morgan fingerprint density at radius 3 is 2.67 bits per heavy atom. The number of aromatic amines is 1. The lowest BCUT2D eigenvalue weighted by atomic mass is 10.1. The molecule has 0 aliphatic heterocycles. The van der Waals surface area contributed by atoms with Crippen molar-refractivity contribution >= 4 is 27.6 Å². The Bertz CT molecular complexity index is 1230. The smallest absolute Gasteiger partial charge is 0.338 e. The summed E-state index contributed by atoms with van der Waals surface area (Å²) in [6.07, 6.45) is -0.717. The van der Waals surface area contributed by atoms with E-state index in [1.54, 1.807) is 67.6 Å². The van der Waals surface area contributed by atoms with Crippen molar-refractivity contribution in [1.82, 2.24) is 9.97 Å². The summed E-state index contributed by atoms with van der Waals surface area (Å²) in [6.45, 7) is 1.66. The second kappa shape index (κ2) is 6.57. The minimum atomic E-state index is -0.717. The fourth-order valence-corrected chi connectivity index (χ4v) is 2.94. The average molecular weight is 360 g/mol. The van der Waals surface area contributed by atoms with Crippen molar-refractivity contribution < 1.29 is 14.6 Å². The van der Waals surface area contributed by atoms with Crippen LogP contribution >= 0.6 is 0 Å². The SMILES string of the molecule is CC(OC(=O)c1ccc2cc(O)ccc2c1)c1nc2ccccc2c(=O)[nH]1. The second-order valence-corrected chi connectivity index (χ2v) is 6.26. The van der Waals surface area contributed by atoms with E-state index in [0.717, 1.165) is 10.8 Å². The van der Waals surface area contributed by atoms with Gasteiger partial charge in [0.15, 0.2) is 11.9 Å². The van der Waals surface area contributed by atoms with Crippen molar-refractivity contribution in [1.29, 1.82) is 0 Å². The van der Waals surface area contributed by atoms with Crippen LogP contribution in [0, 0.1) is 0 Å². The van der Waals surface area contributed by atoms with Crippen LogP contribution in [0.5, 0.6) is 5.75 Å². The maximum atomic E-state index is 12.5. The molecule has 0 saturated heterocycles. The minimum absolute atomic E-state index is 0.165. The van der Waals surface area contributed by atoms with Crippen molar-refractivity contribution in [2.45, 2.75) is 13.0 Å². The molecule has 2 N–H and O–H groups in total. The molecule has 1 aromatic heterocycles. The average Bonchev–Trinajstić information content (AvgIpc) is 2.67. The van der Waals surface area contributed by atoms with E-state index in [1.807, 2.05) is 0 Å². The molecule has 1 unspecified atom stereocenters. The number of aromatic nitrogens is 2. The van der Waals surface area contributed by atoms with Crippen LogP contribution in [-0.2, 0) is 4.74 Å². The molecule has 4 aromatic rings. The number of hydrogen-bond donors (Lipinski definition) is 2. The first kappa shape index (κ1) is 16.8. The van der Waals surface area contributed by atoms with E-state index in [4.69, 9.17) is 4.74 Å². The predicted octanol–water partition coefficient (Wildman–Crippen LogP) is 3.70. The van der Waals surface area contributed by atoms with Crippen LogP contribution in [-0.4, -0.2) is 21.0 Å². The fourth-order valence-electron chi connectivity index (χ4n) is 2.94. The Morgan fingerprint density at radius 1 is 1.07 bits per heavy atom. The molecule has 134 valence electrons. The number of hydrogen-bond acceptors (Lipinski definition) is 5. The molecule has 0 aliphatic carbocycles. The van der Waals surface area contributed by atoms with Crippen molar-refractivity contribution in [3.63, 3.8) is 0 Å². The molecule has 1 heterocycles. The number of nitrogens with zero attached hydrogens (tertiary/aromatic N) is 1. The van der Waals surface area contributed by atoms with Gasteiger partial charge in [0.2, 0.25) is 0 Å². The summed E-state index contributed by atoms with van der Waals surface area (Å²) >= 11 is 0. The van der Waals surface area contributed by atoms with Gasteiger partial charge >= 0.3 is 5.97 Å². The normalized spacial score (nSPS) is 12.2. The second-order valence-electron chi connectivity index (χ2n) is 6.26. The molecule has 0 saturated carbocycles. The molecule has 0 radical (unpaired) electrons. The zero-order valence-electron chi connectivity index (χ0n) is 14.5. The van der Waals surface area contributed by atoms with Crippen LogP contribution in [0.3, 0.4) is 0 Å². The van der Waals surface area contributed by atoms with Crippen molar-refractivity contribution in [2.75, 3.05) is 0 Å². The number of fused-ring (bicyclic) bond motifs is 2. The number of phenolic OH excluding ortho intramolecular Hbond substituents is 1. The largest absolute Gasteiger partial charge is 0.508 e. The predicted molar refractivity (Wildman–Crippen MR) is 102 cm³/mol. The van der Waals surface area contributed by atoms with Crippen LogP contribution in [0.25, 0.3) is 21.7 Å². The van der Waals surface area contributed by atoms with E-state index in [-0.39, 0.29) is 17.1 Å². The third-order valence-corrected chi connectivity index (χ3v) is 4.36. The number of benzene rings is 3. The highest BCUT2D eigenvalue weighted by molar-refractivity contribution is 5.95. The van der Waals surface area contributed by atoms with Gasteiger partial charge in [-0.25, -0.2) is 9.78 Å². The number of nitrogens with one attached hydrogen (secondary N) is 1. The molecule has 0 spiro atoms. The van der Waals surface area contributed by atoms with E-state index in [1.165, 1.54) is 0 Å². The summed E-state index contributed by atoms with van der Waals surface area (Å²) in [5.74, 6) is -0.0659. The molecular formula is C21H16N2O4. The number of para-hydroxylation sites is 1. The Balaban J connectivity index is 1.61. The van der Waals surface area contributed by atoms with E-state index in [2.05, 4.69) is 9.97 Å². The fraction of sp³-hybridized carbons (Fsp3) is 0.0952. The molecule has 1 atom stereocenters. The summed E-state index contributed by atoms with van der Waals surface area (Å²) in [6, 6.07) is 17.0. The topological polar surface area (TPSA) is 92.3 Å². The summed E-state index contributed by atoms with van der Waals surface area (Å²) in [5.41, 5.74) is 0.650. The lowest BCUT2D eigenvalue weighted by molar-refractivity contribution is 0.0320. The van der Waals surface area contributed by atoms with Gasteiger partial charge in [0.05, 0.1) is 16.5 Å². The molecular weight excluding hydrogens is 344 g/mol. The molecule has 0 amide bonds. The van der Waals surface area contributed by atoms with Crippen LogP contribution in [0.4, 0.5) is 0 Å². The van der Waals surface area contributed by atoms with E-state index >= 15 is 0 Å². The number of rotatable bonds is 3. The number of esters is 1.